The lowest BCUT2D eigenvalue weighted by Crippen LogP contribution is -2.46. The molecule has 2 heterocycles. The fourth-order valence-corrected chi connectivity index (χ4v) is 2.97. The van der Waals surface area contributed by atoms with Gasteiger partial charge in [-0.25, -0.2) is 0 Å². The minimum atomic E-state index is -0.357. The Bertz CT molecular complexity index is 438. The lowest BCUT2D eigenvalue weighted by molar-refractivity contribution is -0.138. The van der Waals surface area contributed by atoms with Crippen molar-refractivity contribution in [1.29, 1.82) is 0 Å². The summed E-state index contributed by atoms with van der Waals surface area (Å²) in [5, 5.41) is 0.0893. The molecule has 1 saturated heterocycles. The Morgan fingerprint density at radius 2 is 2.22 bits per heavy atom. The number of benzene rings is 1. The Kier molecular flexibility index (Phi) is 3.16. The largest absolute Gasteiger partial charge is 0.480 e. The highest BCUT2D eigenvalue weighted by molar-refractivity contribution is 6.20. The number of rotatable bonds is 1. The zero-order valence-corrected chi connectivity index (χ0v) is 10.9. The van der Waals surface area contributed by atoms with E-state index in [0.29, 0.717) is 13.0 Å². The molecule has 0 aliphatic carbocycles. The van der Waals surface area contributed by atoms with Crippen LogP contribution in [0.25, 0.3) is 0 Å². The van der Waals surface area contributed by atoms with Gasteiger partial charge >= 0.3 is 0 Å². The molecule has 2 aliphatic rings. The number of hydrogen-bond donors (Lipinski definition) is 0. The van der Waals surface area contributed by atoms with Crippen LogP contribution in [0.2, 0.25) is 0 Å². The van der Waals surface area contributed by atoms with Crippen molar-refractivity contribution in [3.05, 3.63) is 29.8 Å². The highest BCUT2D eigenvalue weighted by Crippen LogP contribution is 2.29. The van der Waals surface area contributed by atoms with Crippen molar-refractivity contribution in [2.45, 2.75) is 30.7 Å². The summed E-state index contributed by atoms with van der Waals surface area (Å²) in [4.78, 5) is 14.2. The Labute approximate surface area is 112 Å². The molecule has 1 aromatic carbocycles. The van der Waals surface area contributed by atoms with Crippen molar-refractivity contribution >= 4 is 17.5 Å². The number of para-hydroxylation sites is 1. The Balaban J connectivity index is 1.68. The van der Waals surface area contributed by atoms with Gasteiger partial charge in [-0.3, -0.25) is 4.79 Å². The van der Waals surface area contributed by atoms with E-state index in [9.17, 15) is 4.79 Å². The van der Waals surface area contributed by atoms with E-state index in [1.54, 1.807) is 0 Å². The SMILES string of the molecule is O=C(C1Cc2ccccc2O1)N1CCCC(Cl)C1. The monoisotopic (exact) mass is 265 g/mol. The van der Waals surface area contributed by atoms with Crippen LogP contribution >= 0.6 is 11.6 Å². The molecule has 2 unspecified atom stereocenters. The summed E-state index contributed by atoms with van der Waals surface area (Å²) in [7, 11) is 0. The fraction of sp³-hybridized carbons (Fsp3) is 0.500. The molecule has 96 valence electrons. The van der Waals surface area contributed by atoms with E-state index in [2.05, 4.69) is 0 Å². The van der Waals surface area contributed by atoms with Crippen molar-refractivity contribution < 1.29 is 9.53 Å². The summed E-state index contributed by atoms with van der Waals surface area (Å²) in [5.41, 5.74) is 1.12. The normalized spacial score (nSPS) is 26.6. The van der Waals surface area contributed by atoms with E-state index in [1.807, 2.05) is 29.2 Å². The van der Waals surface area contributed by atoms with E-state index in [-0.39, 0.29) is 17.4 Å². The van der Waals surface area contributed by atoms with E-state index >= 15 is 0 Å². The van der Waals surface area contributed by atoms with Gasteiger partial charge in [-0.05, 0) is 24.5 Å². The van der Waals surface area contributed by atoms with Crippen LogP contribution < -0.4 is 4.74 Å². The predicted molar refractivity (Wildman–Crippen MR) is 70.0 cm³/mol. The zero-order chi connectivity index (χ0) is 12.5. The minimum absolute atomic E-state index is 0.0801. The first kappa shape index (κ1) is 11.8. The quantitative estimate of drug-likeness (QED) is 0.729. The lowest BCUT2D eigenvalue weighted by Gasteiger charge is -2.31. The molecule has 1 aromatic rings. The second kappa shape index (κ2) is 4.81. The maximum atomic E-state index is 12.4. The average molecular weight is 266 g/mol. The van der Waals surface area contributed by atoms with Crippen LogP contribution in [0.3, 0.4) is 0 Å². The maximum Gasteiger partial charge on any atom is 0.264 e. The van der Waals surface area contributed by atoms with Crippen LogP contribution in [0.4, 0.5) is 0 Å². The van der Waals surface area contributed by atoms with Gasteiger partial charge in [-0.2, -0.15) is 0 Å². The van der Waals surface area contributed by atoms with Gasteiger partial charge in [0.25, 0.3) is 5.91 Å². The first-order valence-corrected chi connectivity index (χ1v) is 6.85. The van der Waals surface area contributed by atoms with Gasteiger partial charge in [-0.1, -0.05) is 18.2 Å². The fourth-order valence-electron chi connectivity index (χ4n) is 2.65. The van der Waals surface area contributed by atoms with Gasteiger partial charge < -0.3 is 9.64 Å². The van der Waals surface area contributed by atoms with Gasteiger partial charge in [0, 0.05) is 19.5 Å². The number of amides is 1. The molecule has 0 saturated carbocycles. The molecule has 0 spiro atoms. The topological polar surface area (TPSA) is 29.5 Å². The molecule has 3 rings (SSSR count). The molecular formula is C14H16ClNO2. The minimum Gasteiger partial charge on any atom is -0.480 e. The second-order valence-electron chi connectivity index (χ2n) is 4.94. The van der Waals surface area contributed by atoms with Crippen LogP contribution in [-0.2, 0) is 11.2 Å². The van der Waals surface area contributed by atoms with Gasteiger partial charge in [0.15, 0.2) is 6.10 Å². The summed E-state index contributed by atoms with van der Waals surface area (Å²) < 4.78 is 5.72. The molecule has 0 bridgehead atoms. The standard InChI is InChI=1S/C14H16ClNO2/c15-11-5-3-7-16(9-11)14(17)13-8-10-4-1-2-6-12(10)18-13/h1-2,4,6,11,13H,3,5,7-9H2. The number of carbonyl (C=O) groups is 1. The van der Waals surface area contributed by atoms with E-state index in [1.165, 1.54) is 0 Å². The van der Waals surface area contributed by atoms with E-state index in [4.69, 9.17) is 16.3 Å². The number of halogens is 1. The number of carbonyl (C=O) groups excluding carboxylic acids is 1. The molecule has 1 amide bonds. The summed E-state index contributed by atoms with van der Waals surface area (Å²) in [6, 6.07) is 7.85. The van der Waals surface area contributed by atoms with Gasteiger partial charge in [0.1, 0.15) is 5.75 Å². The van der Waals surface area contributed by atoms with Gasteiger partial charge in [-0.15, -0.1) is 11.6 Å². The lowest BCUT2D eigenvalue weighted by atomic mass is 10.1. The first-order chi connectivity index (χ1) is 8.74. The highest BCUT2D eigenvalue weighted by atomic mass is 35.5. The Hall–Kier alpha value is -1.22. The smallest absolute Gasteiger partial charge is 0.264 e. The first-order valence-electron chi connectivity index (χ1n) is 6.41. The number of fused-ring (bicyclic) bond motifs is 1. The van der Waals surface area contributed by atoms with Crippen molar-refractivity contribution in [1.82, 2.24) is 4.90 Å². The summed E-state index contributed by atoms with van der Waals surface area (Å²) in [6.07, 6.45) is 2.30. The van der Waals surface area contributed by atoms with Crippen molar-refractivity contribution in [2.24, 2.45) is 0 Å². The molecule has 0 N–H and O–H groups in total. The molecule has 0 aromatic heterocycles. The van der Waals surface area contributed by atoms with Crippen LogP contribution in [0.5, 0.6) is 5.75 Å². The van der Waals surface area contributed by atoms with Crippen LogP contribution in [-0.4, -0.2) is 35.4 Å². The van der Waals surface area contributed by atoms with Gasteiger partial charge in [0.2, 0.25) is 0 Å². The second-order valence-corrected chi connectivity index (χ2v) is 5.56. The van der Waals surface area contributed by atoms with E-state index < -0.39 is 0 Å². The number of hydrogen-bond acceptors (Lipinski definition) is 2. The number of piperidine rings is 1. The third-order valence-electron chi connectivity index (χ3n) is 3.60. The maximum absolute atomic E-state index is 12.4. The van der Waals surface area contributed by atoms with Crippen LogP contribution in [0, 0.1) is 0 Å². The molecule has 2 aliphatic heterocycles. The highest BCUT2D eigenvalue weighted by Gasteiger charge is 2.33. The molecule has 0 radical (unpaired) electrons. The zero-order valence-electron chi connectivity index (χ0n) is 10.1. The molecule has 4 heteroatoms. The molecule has 3 nitrogen and oxygen atoms in total. The Morgan fingerprint density at radius 3 is 3.00 bits per heavy atom. The molecular weight excluding hydrogens is 250 g/mol. The van der Waals surface area contributed by atoms with Crippen molar-refractivity contribution in [3.8, 4) is 5.75 Å². The third-order valence-corrected chi connectivity index (χ3v) is 3.95. The van der Waals surface area contributed by atoms with Crippen LogP contribution in [0.1, 0.15) is 18.4 Å². The molecule has 1 fully saturated rings. The molecule has 2 atom stereocenters. The van der Waals surface area contributed by atoms with Crippen molar-refractivity contribution in [2.75, 3.05) is 13.1 Å². The van der Waals surface area contributed by atoms with Crippen molar-refractivity contribution in [3.63, 3.8) is 0 Å². The number of likely N-dealkylation sites (tertiary alicyclic amines) is 1. The third kappa shape index (κ3) is 2.19. The van der Waals surface area contributed by atoms with Crippen LogP contribution in [0.15, 0.2) is 24.3 Å². The summed E-state index contributed by atoms with van der Waals surface area (Å²) in [6.45, 7) is 1.45. The average Bonchev–Trinajstić information content (AvgIpc) is 2.81. The number of nitrogens with zero attached hydrogens (tertiary/aromatic N) is 1. The predicted octanol–water partition coefficient (Wildman–Crippen LogP) is 2.22. The van der Waals surface area contributed by atoms with E-state index in [0.717, 1.165) is 30.7 Å². The number of ether oxygens (including phenoxy) is 1. The Morgan fingerprint density at radius 1 is 1.39 bits per heavy atom. The molecule has 18 heavy (non-hydrogen) atoms. The summed E-state index contributed by atoms with van der Waals surface area (Å²) in [5.74, 6) is 0.923. The van der Waals surface area contributed by atoms with Gasteiger partial charge in [0.05, 0.1) is 5.38 Å². The number of alkyl halides is 1. The summed E-state index contributed by atoms with van der Waals surface area (Å²) >= 11 is 6.12.